The largest absolute Gasteiger partial charge is 0.337 e. The summed E-state index contributed by atoms with van der Waals surface area (Å²) in [6.07, 6.45) is 3.01. The van der Waals surface area contributed by atoms with Crippen molar-refractivity contribution in [3.63, 3.8) is 0 Å². The molecule has 4 rings (SSSR count). The zero-order valence-corrected chi connectivity index (χ0v) is 16.4. The van der Waals surface area contributed by atoms with Gasteiger partial charge < -0.3 is 14.3 Å². The van der Waals surface area contributed by atoms with E-state index in [-0.39, 0.29) is 0 Å². The number of piperidine rings is 1. The first-order valence-electron chi connectivity index (χ1n) is 9.83. The minimum atomic E-state index is 0.342. The molecule has 1 saturated heterocycles. The molecular weight excluding hydrogens is 340 g/mol. The van der Waals surface area contributed by atoms with E-state index in [1.807, 2.05) is 16.8 Å². The summed E-state index contributed by atoms with van der Waals surface area (Å²) in [7, 11) is 4.24. The van der Waals surface area contributed by atoms with Crippen LogP contribution in [0.15, 0.2) is 28.8 Å². The zero-order chi connectivity index (χ0) is 18.8. The molecule has 0 spiro atoms. The summed E-state index contributed by atoms with van der Waals surface area (Å²) in [4.78, 5) is 9.44. The molecule has 7 heteroatoms. The molecule has 27 heavy (non-hydrogen) atoms. The van der Waals surface area contributed by atoms with E-state index in [0.717, 1.165) is 67.9 Å². The summed E-state index contributed by atoms with van der Waals surface area (Å²) in [6, 6.07) is 8.21. The quantitative estimate of drug-likeness (QED) is 0.667. The summed E-state index contributed by atoms with van der Waals surface area (Å²) in [5.41, 5.74) is 2.09. The molecule has 3 heterocycles. The molecule has 1 aliphatic rings. The molecule has 1 fully saturated rings. The fraction of sp³-hybridized carbons (Fsp3) is 0.550. The van der Waals surface area contributed by atoms with Gasteiger partial charge in [0.2, 0.25) is 5.89 Å². The molecule has 1 aromatic carbocycles. The predicted octanol–water partition coefficient (Wildman–Crippen LogP) is 2.71. The highest BCUT2D eigenvalue weighted by Gasteiger charge is 2.26. The van der Waals surface area contributed by atoms with Crippen molar-refractivity contribution in [3.8, 4) is 5.95 Å². The number of likely N-dealkylation sites (N-methyl/N-ethyl adjacent to an activating group) is 1. The van der Waals surface area contributed by atoms with Gasteiger partial charge in [0.15, 0.2) is 0 Å². The van der Waals surface area contributed by atoms with Crippen LogP contribution in [0.25, 0.3) is 16.9 Å². The first-order chi connectivity index (χ1) is 13.2. The van der Waals surface area contributed by atoms with E-state index in [0.29, 0.717) is 11.9 Å². The van der Waals surface area contributed by atoms with Crippen LogP contribution in [0.5, 0.6) is 0 Å². The minimum absolute atomic E-state index is 0.342. The maximum Gasteiger partial charge on any atom is 0.291 e. The van der Waals surface area contributed by atoms with Gasteiger partial charge in [-0.3, -0.25) is 0 Å². The van der Waals surface area contributed by atoms with Crippen LogP contribution in [0, 0.1) is 0 Å². The summed E-state index contributed by atoms with van der Waals surface area (Å²) in [6.45, 7) is 6.50. The molecule has 144 valence electrons. The van der Waals surface area contributed by atoms with Crippen LogP contribution >= 0.6 is 0 Å². The Morgan fingerprint density at radius 3 is 2.70 bits per heavy atom. The summed E-state index contributed by atoms with van der Waals surface area (Å²) in [5.74, 6) is 1.63. The Hall–Kier alpha value is -2.25. The van der Waals surface area contributed by atoms with Gasteiger partial charge in [-0.1, -0.05) is 25.1 Å². The molecule has 3 aromatic rings. The number of aromatic nitrogens is 4. The molecule has 0 saturated carbocycles. The van der Waals surface area contributed by atoms with E-state index in [2.05, 4.69) is 48.1 Å². The highest BCUT2D eigenvalue weighted by molar-refractivity contribution is 5.83. The normalized spacial score (nSPS) is 16.6. The van der Waals surface area contributed by atoms with E-state index in [4.69, 9.17) is 14.6 Å². The maximum atomic E-state index is 5.64. The van der Waals surface area contributed by atoms with Crippen LogP contribution in [-0.2, 0) is 6.42 Å². The Morgan fingerprint density at radius 2 is 1.96 bits per heavy atom. The Balaban J connectivity index is 1.49. The lowest BCUT2D eigenvalue weighted by Gasteiger charge is -2.30. The summed E-state index contributed by atoms with van der Waals surface area (Å²) < 4.78 is 7.45. The summed E-state index contributed by atoms with van der Waals surface area (Å²) >= 11 is 0. The van der Waals surface area contributed by atoms with Gasteiger partial charge in [-0.25, -0.2) is 0 Å². The lowest BCUT2D eigenvalue weighted by Crippen LogP contribution is -2.37. The van der Waals surface area contributed by atoms with Crippen molar-refractivity contribution in [1.29, 1.82) is 0 Å². The molecule has 0 N–H and O–H groups in total. The van der Waals surface area contributed by atoms with Gasteiger partial charge in [0.05, 0.1) is 11.2 Å². The molecule has 0 atom stereocenters. The number of benzene rings is 1. The van der Waals surface area contributed by atoms with Gasteiger partial charge in [-0.15, -0.1) is 0 Å². The predicted molar refractivity (Wildman–Crippen MR) is 105 cm³/mol. The third kappa shape index (κ3) is 3.75. The molecule has 0 radical (unpaired) electrons. The number of hydrogen-bond donors (Lipinski definition) is 0. The van der Waals surface area contributed by atoms with Crippen LogP contribution in [0.4, 0.5) is 0 Å². The Bertz CT molecular complexity index is 891. The first-order valence-corrected chi connectivity index (χ1v) is 9.83. The zero-order valence-electron chi connectivity index (χ0n) is 16.4. The second-order valence-electron chi connectivity index (χ2n) is 7.58. The molecule has 2 aromatic heterocycles. The number of hydrogen-bond acceptors (Lipinski definition) is 6. The highest BCUT2D eigenvalue weighted by atomic mass is 16.5. The van der Waals surface area contributed by atoms with Crippen LogP contribution in [0.2, 0.25) is 0 Å². The Labute approximate surface area is 159 Å². The van der Waals surface area contributed by atoms with Crippen molar-refractivity contribution in [1.82, 2.24) is 29.7 Å². The van der Waals surface area contributed by atoms with Gasteiger partial charge in [-0.05, 0) is 57.7 Å². The van der Waals surface area contributed by atoms with Crippen molar-refractivity contribution >= 4 is 10.9 Å². The Morgan fingerprint density at radius 1 is 1.19 bits per heavy atom. The number of para-hydroxylation sites is 1. The van der Waals surface area contributed by atoms with Crippen molar-refractivity contribution in [2.45, 2.75) is 32.1 Å². The van der Waals surface area contributed by atoms with Crippen molar-refractivity contribution in [3.05, 3.63) is 35.9 Å². The van der Waals surface area contributed by atoms with Gasteiger partial charge in [0.25, 0.3) is 5.95 Å². The molecule has 0 bridgehead atoms. The second kappa shape index (κ2) is 7.78. The van der Waals surface area contributed by atoms with E-state index in [1.165, 1.54) is 0 Å². The SMILES string of the molecule is CCc1nn(-c2noc(C3CCN(CCN(C)C)CC3)n2)c2ccccc12. The van der Waals surface area contributed by atoms with Crippen LogP contribution in [0.1, 0.15) is 37.3 Å². The minimum Gasteiger partial charge on any atom is -0.337 e. The number of nitrogens with zero attached hydrogens (tertiary/aromatic N) is 6. The van der Waals surface area contributed by atoms with E-state index >= 15 is 0 Å². The van der Waals surface area contributed by atoms with E-state index in [1.54, 1.807) is 0 Å². The average molecular weight is 368 g/mol. The van der Waals surface area contributed by atoms with Crippen LogP contribution in [-0.4, -0.2) is 70.0 Å². The van der Waals surface area contributed by atoms with Crippen LogP contribution in [0.3, 0.4) is 0 Å². The standard InChI is InChI=1S/C20H28N6O/c1-4-17-16-7-5-6-8-18(16)26(22-17)20-21-19(27-23-20)15-9-11-25(12-10-15)14-13-24(2)3/h5-8,15H,4,9-14H2,1-3H3. The lowest BCUT2D eigenvalue weighted by atomic mass is 9.97. The average Bonchev–Trinajstić information content (AvgIpc) is 3.31. The maximum absolute atomic E-state index is 5.64. The number of likely N-dealkylation sites (tertiary alicyclic amines) is 1. The lowest BCUT2D eigenvalue weighted by molar-refractivity contribution is 0.180. The van der Waals surface area contributed by atoms with E-state index in [9.17, 15) is 0 Å². The first kappa shape index (κ1) is 18.1. The molecule has 0 amide bonds. The summed E-state index contributed by atoms with van der Waals surface area (Å²) in [5, 5.41) is 10.1. The molecular formula is C20H28N6O. The van der Waals surface area contributed by atoms with Crippen molar-refractivity contribution < 1.29 is 4.52 Å². The fourth-order valence-electron chi connectivity index (χ4n) is 3.77. The van der Waals surface area contributed by atoms with Crippen molar-refractivity contribution in [2.75, 3.05) is 40.3 Å². The topological polar surface area (TPSA) is 63.2 Å². The van der Waals surface area contributed by atoms with Crippen molar-refractivity contribution in [2.24, 2.45) is 0 Å². The molecule has 0 unspecified atom stereocenters. The molecule has 1 aliphatic heterocycles. The fourth-order valence-corrected chi connectivity index (χ4v) is 3.77. The van der Waals surface area contributed by atoms with Gasteiger partial charge in [0, 0.05) is 24.4 Å². The third-order valence-electron chi connectivity index (χ3n) is 5.42. The number of fused-ring (bicyclic) bond motifs is 1. The number of rotatable bonds is 6. The van der Waals surface area contributed by atoms with Gasteiger partial charge >= 0.3 is 0 Å². The monoisotopic (exact) mass is 368 g/mol. The van der Waals surface area contributed by atoms with Gasteiger partial charge in [0.1, 0.15) is 0 Å². The third-order valence-corrected chi connectivity index (χ3v) is 5.42. The molecule has 7 nitrogen and oxygen atoms in total. The van der Waals surface area contributed by atoms with Gasteiger partial charge in [-0.2, -0.15) is 14.8 Å². The van der Waals surface area contributed by atoms with E-state index < -0.39 is 0 Å². The number of aryl methyl sites for hydroxylation is 1. The highest BCUT2D eigenvalue weighted by Crippen LogP contribution is 2.28. The smallest absolute Gasteiger partial charge is 0.291 e. The second-order valence-corrected chi connectivity index (χ2v) is 7.58. The molecule has 0 aliphatic carbocycles. The Kier molecular flexibility index (Phi) is 5.22. The van der Waals surface area contributed by atoms with Crippen LogP contribution < -0.4 is 0 Å².